The lowest BCUT2D eigenvalue weighted by Gasteiger charge is -2.33. The Morgan fingerprint density at radius 1 is 1.25 bits per heavy atom. The van der Waals surface area contributed by atoms with Gasteiger partial charge in [0.2, 0.25) is 5.91 Å². The first-order valence-electron chi connectivity index (χ1n) is 8.99. The first kappa shape index (κ1) is 18.5. The lowest BCUT2D eigenvalue weighted by Crippen LogP contribution is -2.40. The zero-order valence-corrected chi connectivity index (χ0v) is 14.9. The van der Waals surface area contributed by atoms with Crippen LogP contribution in [0.3, 0.4) is 0 Å². The number of ether oxygens (including phenoxy) is 1. The summed E-state index contributed by atoms with van der Waals surface area (Å²) < 4.78 is 4.61. The van der Waals surface area contributed by atoms with Gasteiger partial charge in [0.1, 0.15) is 0 Å². The van der Waals surface area contributed by atoms with Crippen LogP contribution in [0.4, 0.5) is 0 Å². The molecule has 132 valence electrons. The topological polar surface area (TPSA) is 46.6 Å². The van der Waals surface area contributed by atoms with Crippen LogP contribution in [-0.2, 0) is 20.7 Å². The van der Waals surface area contributed by atoms with E-state index in [9.17, 15) is 9.59 Å². The van der Waals surface area contributed by atoms with E-state index in [0.717, 1.165) is 32.4 Å². The van der Waals surface area contributed by atoms with Gasteiger partial charge in [0.05, 0.1) is 7.11 Å². The molecule has 4 heteroatoms. The Balaban J connectivity index is 1.75. The molecule has 0 aromatic heterocycles. The number of carbonyl (C=O) groups is 2. The van der Waals surface area contributed by atoms with Gasteiger partial charge in [-0.2, -0.15) is 0 Å². The molecule has 0 N–H and O–H groups in total. The van der Waals surface area contributed by atoms with Crippen molar-refractivity contribution in [3.8, 4) is 0 Å². The molecule has 1 aliphatic rings. The van der Waals surface area contributed by atoms with E-state index in [-0.39, 0.29) is 11.9 Å². The van der Waals surface area contributed by atoms with Crippen molar-refractivity contribution < 1.29 is 14.3 Å². The molecule has 4 nitrogen and oxygen atoms in total. The molecule has 1 fully saturated rings. The Kier molecular flexibility index (Phi) is 7.29. The standard InChI is InChI=1S/C20H29NO3/c1-16-7-3-4-9-18(16)13-12-17-8-6-14-21(15-17)19(22)10-5-11-20(23)24-2/h3-4,7,9,17H,5-6,8,10-15H2,1-2H3/t17-/m1/s1. The maximum absolute atomic E-state index is 12.3. The molecule has 1 saturated heterocycles. The molecule has 1 aliphatic heterocycles. The molecule has 1 amide bonds. The van der Waals surface area contributed by atoms with Crippen molar-refractivity contribution in [3.63, 3.8) is 0 Å². The molecule has 24 heavy (non-hydrogen) atoms. The molecule has 2 rings (SSSR count). The number of aryl methyl sites for hydroxylation is 2. The highest BCUT2D eigenvalue weighted by molar-refractivity contribution is 5.77. The first-order chi connectivity index (χ1) is 11.6. The van der Waals surface area contributed by atoms with Crippen LogP contribution in [0.2, 0.25) is 0 Å². The fourth-order valence-corrected chi connectivity index (χ4v) is 3.42. The highest BCUT2D eigenvalue weighted by atomic mass is 16.5. The van der Waals surface area contributed by atoms with Gasteiger partial charge in [-0.1, -0.05) is 24.3 Å². The Morgan fingerprint density at radius 3 is 2.79 bits per heavy atom. The number of esters is 1. The SMILES string of the molecule is COC(=O)CCCC(=O)N1CCC[C@H](CCc2ccccc2C)C1. The van der Waals surface area contributed by atoms with Crippen molar-refractivity contribution >= 4 is 11.9 Å². The molecule has 0 aliphatic carbocycles. The highest BCUT2D eigenvalue weighted by Crippen LogP contribution is 2.23. The fraction of sp³-hybridized carbons (Fsp3) is 0.600. The molecule has 0 saturated carbocycles. The van der Waals surface area contributed by atoms with Gasteiger partial charge in [-0.15, -0.1) is 0 Å². The molecule has 0 radical (unpaired) electrons. The largest absolute Gasteiger partial charge is 0.469 e. The van der Waals surface area contributed by atoms with E-state index in [1.54, 1.807) is 0 Å². The minimum Gasteiger partial charge on any atom is -0.469 e. The summed E-state index contributed by atoms with van der Waals surface area (Å²) in [5.74, 6) is 0.528. The van der Waals surface area contributed by atoms with Gasteiger partial charge >= 0.3 is 5.97 Å². The average Bonchev–Trinajstić information content (AvgIpc) is 2.61. The normalized spacial score (nSPS) is 17.6. The molecule has 0 bridgehead atoms. The number of hydrogen-bond donors (Lipinski definition) is 0. The number of methoxy groups -OCH3 is 1. The Morgan fingerprint density at radius 2 is 2.04 bits per heavy atom. The van der Waals surface area contributed by atoms with Crippen LogP contribution in [0, 0.1) is 12.8 Å². The third kappa shape index (κ3) is 5.66. The third-order valence-corrected chi connectivity index (χ3v) is 4.95. The summed E-state index contributed by atoms with van der Waals surface area (Å²) in [7, 11) is 1.38. The van der Waals surface area contributed by atoms with Crippen LogP contribution in [-0.4, -0.2) is 37.0 Å². The number of nitrogens with zero attached hydrogens (tertiary/aromatic N) is 1. The van der Waals surface area contributed by atoms with Crippen molar-refractivity contribution in [3.05, 3.63) is 35.4 Å². The van der Waals surface area contributed by atoms with Gasteiger partial charge in [-0.3, -0.25) is 9.59 Å². The van der Waals surface area contributed by atoms with Crippen LogP contribution in [0.1, 0.15) is 49.7 Å². The van der Waals surface area contributed by atoms with E-state index in [1.165, 1.54) is 24.7 Å². The maximum atomic E-state index is 12.3. The van der Waals surface area contributed by atoms with Crippen molar-refractivity contribution in [2.75, 3.05) is 20.2 Å². The highest BCUT2D eigenvalue weighted by Gasteiger charge is 2.23. The van der Waals surface area contributed by atoms with Gasteiger partial charge in [-0.25, -0.2) is 0 Å². The van der Waals surface area contributed by atoms with Gasteiger partial charge in [0.15, 0.2) is 0 Å². The second-order valence-corrected chi connectivity index (χ2v) is 6.74. The first-order valence-corrected chi connectivity index (χ1v) is 8.99. The number of amides is 1. The van der Waals surface area contributed by atoms with Gasteiger partial charge in [0, 0.05) is 25.9 Å². The fourth-order valence-electron chi connectivity index (χ4n) is 3.42. The number of carbonyl (C=O) groups excluding carboxylic acids is 2. The van der Waals surface area contributed by atoms with Crippen molar-refractivity contribution in [2.45, 2.75) is 51.9 Å². The van der Waals surface area contributed by atoms with E-state index in [2.05, 4.69) is 35.9 Å². The van der Waals surface area contributed by atoms with Gasteiger partial charge < -0.3 is 9.64 Å². The summed E-state index contributed by atoms with van der Waals surface area (Å²) in [5.41, 5.74) is 2.77. The summed E-state index contributed by atoms with van der Waals surface area (Å²) in [4.78, 5) is 25.4. The lowest BCUT2D eigenvalue weighted by molar-refractivity contribution is -0.141. The zero-order chi connectivity index (χ0) is 17.4. The van der Waals surface area contributed by atoms with Crippen LogP contribution in [0.15, 0.2) is 24.3 Å². The lowest BCUT2D eigenvalue weighted by atomic mass is 9.90. The summed E-state index contributed by atoms with van der Waals surface area (Å²) in [6.07, 6.45) is 5.86. The molecule has 0 unspecified atom stereocenters. The monoisotopic (exact) mass is 331 g/mol. The summed E-state index contributed by atoms with van der Waals surface area (Å²) >= 11 is 0. The minimum atomic E-state index is -0.238. The maximum Gasteiger partial charge on any atom is 0.305 e. The second kappa shape index (κ2) is 9.45. The molecular formula is C20H29NO3. The van der Waals surface area contributed by atoms with E-state index in [0.29, 0.717) is 25.2 Å². The summed E-state index contributed by atoms with van der Waals surface area (Å²) in [5, 5.41) is 0. The summed E-state index contributed by atoms with van der Waals surface area (Å²) in [6.45, 7) is 3.88. The van der Waals surface area contributed by atoms with Gasteiger partial charge in [0.25, 0.3) is 0 Å². The van der Waals surface area contributed by atoms with Crippen LogP contribution < -0.4 is 0 Å². The van der Waals surface area contributed by atoms with E-state index in [1.807, 2.05) is 4.90 Å². The minimum absolute atomic E-state index is 0.180. The molecular weight excluding hydrogens is 302 g/mol. The number of benzene rings is 1. The van der Waals surface area contributed by atoms with Crippen molar-refractivity contribution in [1.82, 2.24) is 4.90 Å². The predicted octanol–water partition coefficient (Wildman–Crippen LogP) is 3.51. The average molecular weight is 331 g/mol. The van der Waals surface area contributed by atoms with Crippen LogP contribution >= 0.6 is 0 Å². The number of likely N-dealkylation sites (tertiary alicyclic amines) is 1. The zero-order valence-electron chi connectivity index (χ0n) is 14.9. The molecule has 1 atom stereocenters. The summed E-state index contributed by atoms with van der Waals surface area (Å²) in [6, 6.07) is 8.54. The quantitative estimate of drug-likeness (QED) is 0.718. The van der Waals surface area contributed by atoms with Crippen molar-refractivity contribution in [2.24, 2.45) is 5.92 Å². The van der Waals surface area contributed by atoms with E-state index >= 15 is 0 Å². The molecule has 1 heterocycles. The smallest absolute Gasteiger partial charge is 0.305 e. The Labute approximate surface area is 145 Å². The van der Waals surface area contributed by atoms with Crippen molar-refractivity contribution in [1.29, 1.82) is 0 Å². The Hall–Kier alpha value is -1.84. The van der Waals surface area contributed by atoms with Crippen LogP contribution in [0.5, 0.6) is 0 Å². The number of piperidine rings is 1. The van der Waals surface area contributed by atoms with Crippen LogP contribution in [0.25, 0.3) is 0 Å². The predicted molar refractivity (Wildman–Crippen MR) is 94.7 cm³/mol. The van der Waals surface area contributed by atoms with E-state index in [4.69, 9.17) is 0 Å². The second-order valence-electron chi connectivity index (χ2n) is 6.74. The number of rotatable bonds is 7. The molecule has 1 aromatic rings. The van der Waals surface area contributed by atoms with E-state index < -0.39 is 0 Å². The molecule has 0 spiro atoms. The Bertz CT molecular complexity index is 556. The van der Waals surface area contributed by atoms with Gasteiger partial charge in [-0.05, 0) is 56.1 Å². The molecule has 1 aromatic carbocycles. The third-order valence-electron chi connectivity index (χ3n) is 4.95. The number of hydrogen-bond acceptors (Lipinski definition) is 3.